The van der Waals surface area contributed by atoms with Crippen LogP contribution in [0.25, 0.3) is 0 Å². The van der Waals surface area contributed by atoms with E-state index >= 15 is 0 Å². The van der Waals surface area contributed by atoms with Gasteiger partial charge in [0.2, 0.25) is 0 Å². The first-order valence-electron chi connectivity index (χ1n) is 7.62. The lowest BCUT2D eigenvalue weighted by molar-refractivity contribution is -0.152. The largest absolute Gasteiger partial charge is 0.465 e. The maximum atomic E-state index is 12.1. The predicted octanol–water partition coefficient (Wildman–Crippen LogP) is 4.80. The molecule has 0 radical (unpaired) electrons. The highest BCUT2D eigenvalue weighted by Crippen LogP contribution is 2.30. The number of carbonyl (C=O) groups is 1. The highest BCUT2D eigenvalue weighted by Gasteiger charge is 2.32. The van der Waals surface area contributed by atoms with Crippen LogP contribution in [0.2, 0.25) is 0 Å². The van der Waals surface area contributed by atoms with Crippen molar-refractivity contribution in [2.75, 3.05) is 6.61 Å². The van der Waals surface area contributed by atoms with Gasteiger partial charge in [-0.3, -0.25) is 4.79 Å². The number of rotatable bonds is 8. The summed E-state index contributed by atoms with van der Waals surface area (Å²) in [5.74, 6) is -0.0824. The van der Waals surface area contributed by atoms with Gasteiger partial charge in [-0.05, 0) is 26.7 Å². The van der Waals surface area contributed by atoms with Crippen LogP contribution in [0.5, 0.6) is 0 Å². The molecular weight excluding hydrogens is 236 g/mol. The summed E-state index contributed by atoms with van der Waals surface area (Å²) in [5.41, 5.74) is 0.767. The Labute approximate surface area is 117 Å². The van der Waals surface area contributed by atoms with Crippen molar-refractivity contribution < 1.29 is 9.53 Å². The molecule has 2 nitrogen and oxygen atoms in total. The smallest absolute Gasteiger partial charge is 0.315 e. The Kier molecular flexibility index (Phi) is 6.90. The van der Waals surface area contributed by atoms with Gasteiger partial charge in [-0.25, -0.2) is 0 Å². The topological polar surface area (TPSA) is 26.3 Å². The molecule has 19 heavy (non-hydrogen) atoms. The Balaban J connectivity index is 2.16. The van der Waals surface area contributed by atoms with Gasteiger partial charge in [0.25, 0.3) is 0 Å². The molecule has 108 valence electrons. The van der Waals surface area contributed by atoms with Gasteiger partial charge in [-0.1, -0.05) is 62.8 Å². The Morgan fingerprint density at radius 2 is 1.95 bits per heavy atom. The van der Waals surface area contributed by atoms with Gasteiger partial charge in [0.15, 0.2) is 0 Å². The highest BCUT2D eigenvalue weighted by molar-refractivity contribution is 5.79. The minimum atomic E-state index is -0.457. The van der Waals surface area contributed by atoms with E-state index in [0.717, 1.165) is 12.8 Å². The summed E-state index contributed by atoms with van der Waals surface area (Å²) in [7, 11) is 0. The molecule has 1 aliphatic carbocycles. The van der Waals surface area contributed by atoms with Crippen LogP contribution >= 0.6 is 0 Å². The lowest BCUT2D eigenvalue weighted by Crippen LogP contribution is -2.29. The second kappa shape index (κ2) is 8.19. The van der Waals surface area contributed by atoms with Crippen LogP contribution in [-0.2, 0) is 9.53 Å². The average molecular weight is 264 g/mol. The molecule has 0 spiro atoms. The van der Waals surface area contributed by atoms with E-state index in [1.165, 1.54) is 37.7 Å². The number of unbranched alkanes of at least 4 members (excludes halogenated alkanes) is 5. The molecule has 0 aliphatic heterocycles. The summed E-state index contributed by atoms with van der Waals surface area (Å²) in [6, 6.07) is 0. The lowest BCUT2D eigenvalue weighted by atomic mass is 9.82. The molecular formula is C17H28O2. The van der Waals surface area contributed by atoms with Gasteiger partial charge in [0.1, 0.15) is 0 Å². The average Bonchev–Trinajstić information content (AvgIpc) is 2.41. The van der Waals surface area contributed by atoms with Crippen molar-refractivity contribution in [1.82, 2.24) is 0 Å². The van der Waals surface area contributed by atoms with E-state index in [4.69, 9.17) is 4.74 Å². The summed E-state index contributed by atoms with van der Waals surface area (Å²) >= 11 is 0. The molecule has 0 aromatic carbocycles. The molecule has 0 bridgehead atoms. The first-order chi connectivity index (χ1) is 9.08. The second-order valence-corrected chi connectivity index (χ2v) is 5.81. The standard InChI is InChI=1S/C17H28O2/c1-4-5-6-7-8-9-14-19-16(18)17(3)12-10-15(2)11-13-17/h10-12H,4-9,13-14H2,1-3H3. The van der Waals surface area contributed by atoms with Gasteiger partial charge >= 0.3 is 5.97 Å². The molecule has 1 atom stereocenters. The first kappa shape index (κ1) is 16.0. The Hall–Kier alpha value is -1.05. The summed E-state index contributed by atoms with van der Waals surface area (Å²) in [4.78, 5) is 12.1. The molecule has 1 rings (SSSR count). The molecule has 0 aromatic rings. The van der Waals surface area contributed by atoms with Gasteiger partial charge in [0, 0.05) is 0 Å². The molecule has 1 aliphatic rings. The SMILES string of the molecule is CCCCCCCCOC(=O)C1(C)C=CC(C)=CC1. The fraction of sp³-hybridized carbons (Fsp3) is 0.706. The maximum absolute atomic E-state index is 12.1. The van der Waals surface area contributed by atoms with Gasteiger partial charge in [-0.15, -0.1) is 0 Å². The summed E-state index contributed by atoms with van der Waals surface area (Å²) in [6.07, 6.45) is 14.1. The van der Waals surface area contributed by atoms with E-state index in [9.17, 15) is 4.79 Å². The number of hydrogen-bond acceptors (Lipinski definition) is 2. The van der Waals surface area contributed by atoms with Crippen molar-refractivity contribution >= 4 is 5.97 Å². The van der Waals surface area contributed by atoms with Crippen LogP contribution in [0, 0.1) is 5.41 Å². The molecule has 0 N–H and O–H groups in total. The minimum Gasteiger partial charge on any atom is -0.465 e. The molecule has 0 amide bonds. The third-order valence-electron chi connectivity index (χ3n) is 3.76. The van der Waals surface area contributed by atoms with E-state index in [0.29, 0.717) is 6.61 Å². The molecule has 1 unspecified atom stereocenters. The summed E-state index contributed by atoms with van der Waals surface area (Å²) in [5, 5.41) is 0. The van der Waals surface area contributed by atoms with Crippen LogP contribution in [0.4, 0.5) is 0 Å². The Morgan fingerprint density at radius 3 is 2.58 bits per heavy atom. The van der Waals surface area contributed by atoms with Crippen LogP contribution in [0.1, 0.15) is 65.7 Å². The summed E-state index contributed by atoms with van der Waals surface area (Å²) in [6.45, 7) is 6.79. The summed E-state index contributed by atoms with van der Waals surface area (Å²) < 4.78 is 5.41. The van der Waals surface area contributed by atoms with E-state index in [1.54, 1.807) is 0 Å². The van der Waals surface area contributed by atoms with Gasteiger partial charge in [-0.2, -0.15) is 0 Å². The lowest BCUT2D eigenvalue weighted by Gasteiger charge is -2.25. The van der Waals surface area contributed by atoms with E-state index in [1.807, 2.05) is 19.1 Å². The fourth-order valence-electron chi connectivity index (χ4n) is 2.19. The normalized spacial score (nSPS) is 22.2. The predicted molar refractivity (Wildman–Crippen MR) is 80.0 cm³/mol. The Bertz CT molecular complexity index is 341. The highest BCUT2D eigenvalue weighted by atomic mass is 16.5. The monoisotopic (exact) mass is 264 g/mol. The zero-order valence-corrected chi connectivity index (χ0v) is 12.7. The quantitative estimate of drug-likeness (QED) is 0.465. The number of carbonyl (C=O) groups excluding carboxylic acids is 1. The third kappa shape index (κ3) is 5.63. The van der Waals surface area contributed by atoms with Crippen molar-refractivity contribution in [1.29, 1.82) is 0 Å². The zero-order valence-electron chi connectivity index (χ0n) is 12.7. The van der Waals surface area contributed by atoms with Crippen molar-refractivity contribution in [2.45, 2.75) is 65.7 Å². The molecule has 0 saturated carbocycles. The second-order valence-electron chi connectivity index (χ2n) is 5.81. The first-order valence-corrected chi connectivity index (χ1v) is 7.62. The third-order valence-corrected chi connectivity index (χ3v) is 3.76. The van der Waals surface area contributed by atoms with Crippen molar-refractivity contribution in [3.8, 4) is 0 Å². The van der Waals surface area contributed by atoms with Crippen LogP contribution in [0.15, 0.2) is 23.8 Å². The van der Waals surface area contributed by atoms with Gasteiger partial charge < -0.3 is 4.74 Å². The van der Waals surface area contributed by atoms with Crippen LogP contribution < -0.4 is 0 Å². The minimum absolute atomic E-state index is 0.0824. The maximum Gasteiger partial charge on any atom is 0.315 e. The van der Waals surface area contributed by atoms with Crippen LogP contribution in [0.3, 0.4) is 0 Å². The number of ether oxygens (including phenoxy) is 1. The van der Waals surface area contributed by atoms with E-state index in [2.05, 4.69) is 19.9 Å². The van der Waals surface area contributed by atoms with E-state index < -0.39 is 5.41 Å². The molecule has 0 saturated heterocycles. The molecule has 0 fully saturated rings. The molecule has 2 heteroatoms. The van der Waals surface area contributed by atoms with Gasteiger partial charge in [0.05, 0.1) is 12.0 Å². The van der Waals surface area contributed by atoms with Crippen molar-refractivity contribution in [3.63, 3.8) is 0 Å². The fourth-order valence-corrected chi connectivity index (χ4v) is 2.19. The number of esters is 1. The zero-order chi connectivity index (χ0) is 14.1. The number of hydrogen-bond donors (Lipinski definition) is 0. The molecule has 0 heterocycles. The van der Waals surface area contributed by atoms with Crippen molar-refractivity contribution in [3.05, 3.63) is 23.8 Å². The van der Waals surface area contributed by atoms with E-state index in [-0.39, 0.29) is 5.97 Å². The van der Waals surface area contributed by atoms with Crippen LogP contribution in [-0.4, -0.2) is 12.6 Å². The molecule has 0 aromatic heterocycles. The number of allylic oxidation sites excluding steroid dienone is 3. The Morgan fingerprint density at radius 1 is 1.26 bits per heavy atom. The van der Waals surface area contributed by atoms with Crippen molar-refractivity contribution in [2.24, 2.45) is 5.41 Å².